The van der Waals surface area contributed by atoms with Gasteiger partial charge >= 0.3 is 0 Å². The van der Waals surface area contributed by atoms with Crippen LogP contribution < -0.4 is 5.32 Å². The van der Waals surface area contributed by atoms with Gasteiger partial charge in [0.25, 0.3) is 0 Å². The second kappa shape index (κ2) is 7.09. The molecule has 0 atom stereocenters. The number of aryl methyl sites for hydroxylation is 1. The molecule has 2 rings (SSSR count). The van der Waals surface area contributed by atoms with Crippen LogP contribution >= 0.6 is 50.5 Å². The molecule has 0 aliphatic rings. The van der Waals surface area contributed by atoms with Gasteiger partial charge in [-0.05, 0) is 59.6 Å². The van der Waals surface area contributed by atoms with Crippen LogP contribution in [0.2, 0.25) is 10.0 Å². The van der Waals surface area contributed by atoms with Crippen molar-refractivity contribution >= 4 is 50.5 Å². The van der Waals surface area contributed by atoms with Gasteiger partial charge in [-0.2, -0.15) is 0 Å². The summed E-state index contributed by atoms with van der Waals surface area (Å²) in [5, 5.41) is 4.85. The van der Waals surface area contributed by atoms with Gasteiger partial charge in [0.2, 0.25) is 0 Å². The highest BCUT2D eigenvalue weighted by molar-refractivity contribution is 9.10. The van der Waals surface area contributed by atoms with Gasteiger partial charge in [-0.25, -0.2) is 0 Å². The smallest absolute Gasteiger partial charge is 0.0453 e. The van der Waals surface area contributed by atoms with E-state index in [1.54, 1.807) is 6.07 Å². The van der Waals surface area contributed by atoms with Gasteiger partial charge in [0.1, 0.15) is 0 Å². The van der Waals surface area contributed by atoms with E-state index in [4.69, 9.17) is 23.2 Å². The Hall–Kier alpha value is -0.0600. The minimum absolute atomic E-state index is 0.681. The van der Waals surface area contributed by atoms with Crippen LogP contribution in [0.4, 0.5) is 0 Å². The highest BCUT2D eigenvalue weighted by Crippen LogP contribution is 2.26. The van der Waals surface area contributed by atoms with Gasteiger partial charge in [-0.3, -0.25) is 0 Å². The summed E-state index contributed by atoms with van der Waals surface area (Å²) < 4.78 is 1.19. The number of nitrogens with one attached hydrogen (secondary N) is 1. The molecule has 0 aliphatic carbocycles. The van der Waals surface area contributed by atoms with E-state index in [0.717, 1.165) is 30.1 Å². The Morgan fingerprint density at radius 3 is 2.68 bits per heavy atom. The molecule has 1 N–H and O–H groups in total. The molecule has 1 heterocycles. The fourth-order valence-corrected chi connectivity index (χ4v) is 3.84. The standard InChI is InChI=1S/C14H14BrCl2NS/c1-9-13(15)7-12(19-9)8-18-5-4-10-2-3-11(16)6-14(10)17/h2-3,6-7,18H,4-5,8H2,1H3. The number of hydrogen-bond donors (Lipinski definition) is 1. The first-order valence-corrected chi connectivity index (χ1v) is 8.32. The predicted octanol–water partition coefficient (Wildman–Crippen LogP) is 5.46. The Morgan fingerprint density at radius 1 is 1.26 bits per heavy atom. The molecule has 1 aromatic carbocycles. The molecule has 0 fully saturated rings. The Kier molecular flexibility index (Phi) is 5.72. The van der Waals surface area contributed by atoms with Crippen LogP contribution in [0, 0.1) is 6.92 Å². The van der Waals surface area contributed by atoms with E-state index >= 15 is 0 Å². The Labute approximate surface area is 136 Å². The van der Waals surface area contributed by atoms with Crippen molar-refractivity contribution in [1.82, 2.24) is 5.32 Å². The Bertz CT molecular complexity index is 549. The largest absolute Gasteiger partial charge is 0.312 e. The van der Waals surface area contributed by atoms with Crippen molar-refractivity contribution in [3.05, 3.63) is 54.1 Å². The van der Waals surface area contributed by atoms with Crippen molar-refractivity contribution in [3.63, 3.8) is 0 Å². The van der Waals surface area contributed by atoms with Crippen LogP contribution in [0.5, 0.6) is 0 Å². The van der Waals surface area contributed by atoms with Crippen LogP contribution in [-0.2, 0) is 13.0 Å². The molecule has 0 saturated heterocycles. The summed E-state index contributed by atoms with van der Waals surface area (Å²) in [5.41, 5.74) is 1.13. The zero-order chi connectivity index (χ0) is 13.8. The first kappa shape index (κ1) is 15.3. The van der Waals surface area contributed by atoms with Crippen LogP contribution in [0.15, 0.2) is 28.7 Å². The van der Waals surface area contributed by atoms with Gasteiger partial charge < -0.3 is 5.32 Å². The third-order valence-electron chi connectivity index (χ3n) is 2.79. The average Bonchev–Trinajstić information content (AvgIpc) is 2.66. The molecule has 0 aliphatic heterocycles. The molecule has 1 nitrogen and oxygen atoms in total. The molecular weight excluding hydrogens is 365 g/mol. The van der Waals surface area contributed by atoms with Crippen molar-refractivity contribution in [2.75, 3.05) is 6.54 Å². The molecule has 1 aromatic heterocycles. The maximum absolute atomic E-state index is 6.13. The number of thiophene rings is 1. The van der Waals surface area contributed by atoms with Crippen molar-refractivity contribution in [1.29, 1.82) is 0 Å². The lowest BCUT2D eigenvalue weighted by atomic mass is 10.1. The maximum atomic E-state index is 6.13. The monoisotopic (exact) mass is 377 g/mol. The lowest BCUT2D eigenvalue weighted by Gasteiger charge is -2.06. The minimum atomic E-state index is 0.681. The molecule has 0 amide bonds. The second-order valence-corrected chi connectivity index (χ2v) is 7.32. The molecule has 0 radical (unpaired) electrons. The fraction of sp³-hybridized carbons (Fsp3) is 0.286. The van der Waals surface area contributed by atoms with Crippen LogP contribution in [0.1, 0.15) is 15.3 Å². The third-order valence-corrected chi connectivity index (χ3v) is 5.52. The number of halogens is 3. The summed E-state index contributed by atoms with van der Waals surface area (Å²) >= 11 is 17.3. The Morgan fingerprint density at radius 2 is 2.05 bits per heavy atom. The van der Waals surface area contributed by atoms with Crippen LogP contribution in [0.25, 0.3) is 0 Å². The van der Waals surface area contributed by atoms with E-state index in [-0.39, 0.29) is 0 Å². The quantitative estimate of drug-likeness (QED) is 0.681. The van der Waals surface area contributed by atoms with Crippen molar-refractivity contribution < 1.29 is 0 Å². The van der Waals surface area contributed by atoms with E-state index < -0.39 is 0 Å². The first-order chi connectivity index (χ1) is 9.06. The van der Waals surface area contributed by atoms with Crippen LogP contribution in [0.3, 0.4) is 0 Å². The topological polar surface area (TPSA) is 12.0 Å². The Balaban J connectivity index is 1.80. The SMILES string of the molecule is Cc1sc(CNCCc2ccc(Cl)cc2Cl)cc1Br. The molecule has 102 valence electrons. The summed E-state index contributed by atoms with van der Waals surface area (Å²) in [6.45, 7) is 3.91. The minimum Gasteiger partial charge on any atom is -0.312 e. The first-order valence-electron chi connectivity index (χ1n) is 5.95. The van der Waals surface area contributed by atoms with Gasteiger partial charge in [-0.1, -0.05) is 29.3 Å². The van der Waals surface area contributed by atoms with Crippen molar-refractivity contribution in [2.24, 2.45) is 0 Å². The lowest BCUT2D eigenvalue weighted by molar-refractivity contribution is 0.693. The molecule has 19 heavy (non-hydrogen) atoms. The molecule has 0 bridgehead atoms. The molecule has 0 spiro atoms. The lowest BCUT2D eigenvalue weighted by Crippen LogP contribution is -2.16. The summed E-state index contributed by atoms with van der Waals surface area (Å²) in [6.07, 6.45) is 0.904. The zero-order valence-electron chi connectivity index (χ0n) is 10.5. The normalized spacial score (nSPS) is 10.9. The van der Waals surface area contributed by atoms with Gasteiger partial charge in [-0.15, -0.1) is 11.3 Å². The van der Waals surface area contributed by atoms with Gasteiger partial charge in [0.05, 0.1) is 0 Å². The number of benzene rings is 1. The maximum Gasteiger partial charge on any atom is 0.0453 e. The molecular formula is C14H14BrCl2NS. The summed E-state index contributed by atoms with van der Waals surface area (Å²) in [5.74, 6) is 0. The summed E-state index contributed by atoms with van der Waals surface area (Å²) in [4.78, 5) is 2.66. The van der Waals surface area contributed by atoms with Crippen LogP contribution in [-0.4, -0.2) is 6.54 Å². The van der Waals surface area contributed by atoms with E-state index in [1.165, 1.54) is 14.2 Å². The summed E-state index contributed by atoms with van der Waals surface area (Å²) in [6, 6.07) is 7.82. The van der Waals surface area contributed by atoms with E-state index in [1.807, 2.05) is 23.5 Å². The van der Waals surface area contributed by atoms with E-state index in [0.29, 0.717) is 5.02 Å². The van der Waals surface area contributed by atoms with Crippen molar-refractivity contribution in [2.45, 2.75) is 19.9 Å². The highest BCUT2D eigenvalue weighted by atomic mass is 79.9. The number of hydrogen-bond acceptors (Lipinski definition) is 2. The third kappa shape index (κ3) is 4.47. The zero-order valence-corrected chi connectivity index (χ0v) is 14.4. The fourth-order valence-electron chi connectivity index (χ4n) is 1.76. The second-order valence-electron chi connectivity index (χ2n) is 4.28. The molecule has 0 unspecified atom stereocenters. The molecule has 0 saturated carbocycles. The van der Waals surface area contributed by atoms with Crippen molar-refractivity contribution in [3.8, 4) is 0 Å². The number of rotatable bonds is 5. The predicted molar refractivity (Wildman–Crippen MR) is 88.6 cm³/mol. The molecule has 5 heteroatoms. The summed E-state index contributed by atoms with van der Waals surface area (Å²) in [7, 11) is 0. The van der Waals surface area contributed by atoms with Gasteiger partial charge in [0.15, 0.2) is 0 Å². The average molecular weight is 379 g/mol. The molecule has 2 aromatic rings. The van der Waals surface area contributed by atoms with Gasteiger partial charge in [0, 0.05) is 30.8 Å². The van der Waals surface area contributed by atoms with E-state index in [9.17, 15) is 0 Å². The highest BCUT2D eigenvalue weighted by Gasteiger charge is 2.03. The van der Waals surface area contributed by atoms with E-state index in [2.05, 4.69) is 34.2 Å².